The van der Waals surface area contributed by atoms with Crippen molar-refractivity contribution in [3.63, 3.8) is 0 Å². The van der Waals surface area contributed by atoms with E-state index in [4.69, 9.17) is 4.74 Å². The minimum absolute atomic E-state index is 0.0291. The Morgan fingerprint density at radius 3 is 1.89 bits per heavy atom. The van der Waals surface area contributed by atoms with Gasteiger partial charge in [0.1, 0.15) is 5.69 Å². The van der Waals surface area contributed by atoms with Crippen LogP contribution in [0.25, 0.3) is 0 Å². The number of carbonyl (C=O) groups is 1. The zero-order chi connectivity index (χ0) is 26.3. The van der Waals surface area contributed by atoms with E-state index in [2.05, 4.69) is 0 Å². The molecule has 1 aliphatic heterocycles. The van der Waals surface area contributed by atoms with E-state index < -0.39 is 73.5 Å². The first-order valence-electron chi connectivity index (χ1n) is 11.2. The Morgan fingerprint density at radius 1 is 0.943 bits per heavy atom. The summed E-state index contributed by atoms with van der Waals surface area (Å²) in [6.07, 6.45) is -1.70. The zero-order valence-electron chi connectivity index (χ0n) is 20.3. The van der Waals surface area contributed by atoms with Gasteiger partial charge in [0.05, 0.1) is 22.7 Å². The van der Waals surface area contributed by atoms with Gasteiger partial charge in [-0.1, -0.05) is 24.3 Å². The largest absolute Gasteiger partial charge is 0.372 e. The second-order valence-electron chi connectivity index (χ2n) is 9.91. The first-order chi connectivity index (χ1) is 16.1. The van der Waals surface area contributed by atoms with Crippen molar-refractivity contribution >= 4 is 21.3 Å². The van der Waals surface area contributed by atoms with Crippen molar-refractivity contribution in [2.75, 3.05) is 18.0 Å². The number of hydrogen-bond donors (Lipinski definition) is 0. The molecule has 1 aliphatic rings. The van der Waals surface area contributed by atoms with Crippen LogP contribution in [-0.2, 0) is 26.7 Å². The normalized spacial score (nSPS) is 19.2. The van der Waals surface area contributed by atoms with Gasteiger partial charge in [-0.25, -0.2) is 26.0 Å². The molecule has 0 radical (unpaired) electrons. The van der Waals surface area contributed by atoms with Crippen LogP contribution in [0, 0.1) is 23.3 Å². The van der Waals surface area contributed by atoms with Crippen LogP contribution in [-0.4, -0.2) is 44.2 Å². The average molecular weight is 516 g/mol. The first-order valence-corrected chi connectivity index (χ1v) is 12.9. The van der Waals surface area contributed by atoms with Crippen molar-refractivity contribution in [3.05, 3.63) is 64.2 Å². The van der Waals surface area contributed by atoms with Crippen LogP contribution in [0.5, 0.6) is 0 Å². The van der Waals surface area contributed by atoms with Gasteiger partial charge in [0, 0.05) is 30.6 Å². The maximum absolute atomic E-state index is 14.9. The van der Waals surface area contributed by atoms with Gasteiger partial charge in [-0.3, -0.25) is 4.79 Å². The Morgan fingerprint density at radius 2 is 1.43 bits per heavy atom. The number of ether oxygens (including phenoxy) is 1. The highest BCUT2D eigenvalue weighted by molar-refractivity contribution is 7.91. The number of halogens is 4. The lowest BCUT2D eigenvalue weighted by Crippen LogP contribution is -2.46. The standard InChI is InChI=1S/C25H29F4NO4S/c1-14-11-30(12-15(2)34-14)24-22(28)20(26)18(21(27)23(24)29)10-19(31)17-8-6-16(7-9-17)13-35(32,33)25(3,4)5/h6-9,14-15H,10-13H2,1-5H3/t14-,15+. The summed E-state index contributed by atoms with van der Waals surface area (Å²) in [5.41, 5.74) is -1.35. The lowest BCUT2D eigenvalue weighted by molar-refractivity contribution is -0.00566. The number of anilines is 1. The van der Waals surface area contributed by atoms with E-state index in [9.17, 15) is 30.8 Å². The SMILES string of the molecule is C[C@@H]1CN(c2c(F)c(F)c(CC(=O)c3ccc(CS(=O)(=O)C(C)(C)C)cc3)c(F)c2F)C[C@H](C)O1. The number of sulfone groups is 1. The molecule has 0 saturated carbocycles. The van der Waals surface area contributed by atoms with E-state index in [1.165, 1.54) is 29.2 Å². The molecule has 0 aliphatic carbocycles. The van der Waals surface area contributed by atoms with Crippen molar-refractivity contribution in [2.45, 2.75) is 63.7 Å². The summed E-state index contributed by atoms with van der Waals surface area (Å²) >= 11 is 0. The third-order valence-corrected chi connectivity index (χ3v) is 8.55. The van der Waals surface area contributed by atoms with Gasteiger partial charge in [-0.05, 0) is 40.2 Å². The molecule has 0 N–H and O–H groups in total. The number of rotatable bonds is 6. The molecule has 0 aromatic heterocycles. The van der Waals surface area contributed by atoms with Gasteiger partial charge in [-0.2, -0.15) is 0 Å². The predicted octanol–water partition coefficient (Wildman–Crippen LogP) is 5.00. The monoisotopic (exact) mass is 515 g/mol. The number of morpholine rings is 1. The highest BCUT2D eigenvalue weighted by Crippen LogP contribution is 2.33. The van der Waals surface area contributed by atoms with Gasteiger partial charge in [0.2, 0.25) is 0 Å². The van der Waals surface area contributed by atoms with Gasteiger partial charge in [-0.15, -0.1) is 0 Å². The molecule has 192 valence electrons. The van der Waals surface area contributed by atoms with Crippen LogP contribution in [0.3, 0.4) is 0 Å². The van der Waals surface area contributed by atoms with Gasteiger partial charge in [0.15, 0.2) is 38.9 Å². The Bertz CT molecular complexity index is 1180. The molecule has 1 heterocycles. The van der Waals surface area contributed by atoms with E-state index in [1.54, 1.807) is 34.6 Å². The van der Waals surface area contributed by atoms with E-state index in [1.807, 2.05) is 0 Å². The molecule has 0 spiro atoms. The summed E-state index contributed by atoms with van der Waals surface area (Å²) in [6.45, 7) is 8.19. The van der Waals surface area contributed by atoms with Crippen molar-refractivity contribution < 1.29 is 35.5 Å². The summed E-state index contributed by atoms with van der Waals surface area (Å²) < 4.78 is 88.7. The summed E-state index contributed by atoms with van der Waals surface area (Å²) in [5.74, 6) is -7.37. The van der Waals surface area contributed by atoms with E-state index >= 15 is 0 Å². The second-order valence-corrected chi connectivity index (χ2v) is 12.7. The van der Waals surface area contributed by atoms with Gasteiger partial charge >= 0.3 is 0 Å². The van der Waals surface area contributed by atoms with Crippen LogP contribution >= 0.6 is 0 Å². The van der Waals surface area contributed by atoms with Crippen LogP contribution in [0.15, 0.2) is 24.3 Å². The average Bonchev–Trinajstić information content (AvgIpc) is 2.74. The van der Waals surface area contributed by atoms with Gasteiger partial charge in [0.25, 0.3) is 0 Å². The smallest absolute Gasteiger partial charge is 0.185 e. The third-order valence-electron chi connectivity index (χ3n) is 5.97. The van der Waals surface area contributed by atoms with Crippen LogP contribution in [0.1, 0.15) is 56.1 Å². The highest BCUT2D eigenvalue weighted by Gasteiger charge is 2.33. The summed E-state index contributed by atoms with van der Waals surface area (Å²) in [7, 11) is -3.45. The molecule has 1 fully saturated rings. The van der Waals surface area contributed by atoms with Crippen molar-refractivity contribution in [1.82, 2.24) is 0 Å². The predicted molar refractivity (Wildman–Crippen MR) is 125 cm³/mol. The molecule has 0 bridgehead atoms. The molecule has 35 heavy (non-hydrogen) atoms. The summed E-state index contributed by atoms with van der Waals surface area (Å²) in [4.78, 5) is 13.8. The maximum atomic E-state index is 14.9. The summed E-state index contributed by atoms with van der Waals surface area (Å²) in [6, 6.07) is 5.50. The van der Waals surface area contributed by atoms with E-state index in [0.717, 1.165) is 0 Å². The molecule has 1 saturated heterocycles. The fraction of sp³-hybridized carbons (Fsp3) is 0.480. The van der Waals surface area contributed by atoms with E-state index in [0.29, 0.717) is 5.56 Å². The van der Waals surface area contributed by atoms with Crippen molar-refractivity contribution in [2.24, 2.45) is 0 Å². The van der Waals surface area contributed by atoms with Crippen LogP contribution in [0.4, 0.5) is 23.2 Å². The number of benzene rings is 2. The quantitative estimate of drug-likeness (QED) is 0.308. The maximum Gasteiger partial charge on any atom is 0.185 e. The highest BCUT2D eigenvalue weighted by atomic mass is 32.2. The Balaban J connectivity index is 1.85. The second kappa shape index (κ2) is 9.89. The molecule has 3 rings (SSSR count). The molecule has 5 nitrogen and oxygen atoms in total. The van der Waals surface area contributed by atoms with E-state index in [-0.39, 0.29) is 24.4 Å². The van der Waals surface area contributed by atoms with Crippen molar-refractivity contribution in [1.29, 1.82) is 0 Å². The van der Waals surface area contributed by atoms with Gasteiger partial charge < -0.3 is 9.64 Å². The van der Waals surface area contributed by atoms with Crippen LogP contribution in [0.2, 0.25) is 0 Å². The lowest BCUT2D eigenvalue weighted by Gasteiger charge is -2.37. The minimum atomic E-state index is -3.45. The first kappa shape index (κ1) is 27.1. The fourth-order valence-electron chi connectivity index (χ4n) is 3.94. The molecule has 2 atom stereocenters. The van der Waals surface area contributed by atoms with Crippen LogP contribution < -0.4 is 4.90 Å². The molecule has 2 aromatic rings. The number of ketones is 1. The zero-order valence-corrected chi connectivity index (χ0v) is 21.1. The molecule has 0 unspecified atom stereocenters. The molecule has 10 heteroatoms. The Kier molecular flexibility index (Phi) is 7.67. The number of Topliss-reactive ketones (excluding diaryl/α,β-unsaturated/α-hetero) is 1. The Hall–Kier alpha value is -2.46. The number of carbonyl (C=O) groups excluding carboxylic acids is 1. The minimum Gasteiger partial charge on any atom is -0.372 e. The number of nitrogens with zero attached hydrogens (tertiary/aromatic N) is 1. The molecule has 0 amide bonds. The molecular weight excluding hydrogens is 486 g/mol. The third kappa shape index (κ3) is 5.69. The lowest BCUT2D eigenvalue weighted by atomic mass is 10.00. The fourth-order valence-corrected chi connectivity index (χ4v) is 5.01. The topological polar surface area (TPSA) is 63.7 Å². The molecule has 2 aromatic carbocycles. The molecular formula is C25H29F4NO4S. The summed E-state index contributed by atoms with van der Waals surface area (Å²) in [5, 5.41) is 0. The number of hydrogen-bond acceptors (Lipinski definition) is 5. The van der Waals surface area contributed by atoms with Crippen molar-refractivity contribution in [3.8, 4) is 0 Å². The Labute approximate surface area is 203 Å².